The zero-order chi connectivity index (χ0) is 13.9. The predicted octanol–water partition coefficient (Wildman–Crippen LogP) is 3.47. The van der Waals surface area contributed by atoms with Crippen LogP contribution in [0.3, 0.4) is 0 Å². The Kier molecular flexibility index (Phi) is 7.16. The molecule has 19 heavy (non-hydrogen) atoms. The maximum absolute atomic E-state index is 12.2. The Morgan fingerprint density at radius 2 is 1.95 bits per heavy atom. The molecule has 0 fully saturated rings. The summed E-state index contributed by atoms with van der Waals surface area (Å²) in [6, 6.07) is 4.86. The molecule has 0 aromatic heterocycles. The molecule has 0 aliphatic rings. The molecule has 0 heterocycles. The summed E-state index contributed by atoms with van der Waals surface area (Å²) in [6.45, 7) is 5.11. The Bertz CT molecular complexity index is 450. The van der Waals surface area contributed by atoms with Gasteiger partial charge in [0.15, 0.2) is 0 Å². The SMILES string of the molecule is CN(CC(C)(C)CN)C(=O)c1ccc(Cl)cc1Cl.Cl. The molecular weight excluding hydrogens is 307 g/mol. The second-order valence-electron chi connectivity index (χ2n) is 5.15. The van der Waals surface area contributed by atoms with Gasteiger partial charge < -0.3 is 10.6 Å². The van der Waals surface area contributed by atoms with Crippen molar-refractivity contribution in [1.82, 2.24) is 4.90 Å². The lowest BCUT2D eigenvalue weighted by Gasteiger charge is -2.29. The van der Waals surface area contributed by atoms with Gasteiger partial charge in [0.1, 0.15) is 0 Å². The molecule has 1 aromatic rings. The second-order valence-corrected chi connectivity index (χ2v) is 6.00. The van der Waals surface area contributed by atoms with Crippen molar-refractivity contribution in [3.63, 3.8) is 0 Å². The lowest BCUT2D eigenvalue weighted by molar-refractivity contribution is 0.0741. The molecule has 0 saturated heterocycles. The third-order valence-corrected chi connectivity index (χ3v) is 3.27. The summed E-state index contributed by atoms with van der Waals surface area (Å²) in [5, 5.41) is 0.881. The van der Waals surface area contributed by atoms with E-state index >= 15 is 0 Å². The number of carbonyl (C=O) groups is 1. The monoisotopic (exact) mass is 324 g/mol. The topological polar surface area (TPSA) is 46.3 Å². The summed E-state index contributed by atoms with van der Waals surface area (Å²) in [7, 11) is 1.74. The Labute approximate surface area is 130 Å². The fraction of sp³-hybridized carbons (Fsp3) is 0.462. The highest BCUT2D eigenvalue weighted by Crippen LogP contribution is 2.23. The van der Waals surface area contributed by atoms with Crippen LogP contribution in [0.5, 0.6) is 0 Å². The van der Waals surface area contributed by atoms with Gasteiger partial charge in [0.2, 0.25) is 0 Å². The van der Waals surface area contributed by atoms with Crippen LogP contribution in [0.25, 0.3) is 0 Å². The molecule has 2 N–H and O–H groups in total. The van der Waals surface area contributed by atoms with E-state index in [9.17, 15) is 4.79 Å². The molecule has 0 unspecified atom stereocenters. The minimum absolute atomic E-state index is 0. The number of amides is 1. The van der Waals surface area contributed by atoms with E-state index in [1.54, 1.807) is 30.1 Å². The van der Waals surface area contributed by atoms with Gasteiger partial charge in [-0.2, -0.15) is 0 Å². The highest BCUT2D eigenvalue weighted by molar-refractivity contribution is 6.36. The largest absolute Gasteiger partial charge is 0.341 e. The molecule has 0 radical (unpaired) electrons. The van der Waals surface area contributed by atoms with Crippen molar-refractivity contribution in [2.45, 2.75) is 13.8 Å². The van der Waals surface area contributed by atoms with E-state index < -0.39 is 0 Å². The van der Waals surface area contributed by atoms with Crippen LogP contribution in [0.15, 0.2) is 18.2 Å². The van der Waals surface area contributed by atoms with Gasteiger partial charge in [-0.1, -0.05) is 37.0 Å². The van der Waals surface area contributed by atoms with Gasteiger partial charge in [0.25, 0.3) is 5.91 Å². The van der Waals surface area contributed by atoms with Crippen molar-refractivity contribution in [3.05, 3.63) is 33.8 Å². The smallest absolute Gasteiger partial charge is 0.255 e. The van der Waals surface area contributed by atoms with Crippen LogP contribution in [-0.2, 0) is 0 Å². The van der Waals surface area contributed by atoms with Crippen LogP contribution < -0.4 is 5.73 Å². The molecule has 1 aromatic carbocycles. The van der Waals surface area contributed by atoms with Crippen molar-refractivity contribution >= 4 is 41.5 Å². The third kappa shape index (κ3) is 5.19. The minimum Gasteiger partial charge on any atom is -0.341 e. The number of nitrogens with two attached hydrogens (primary N) is 1. The summed E-state index contributed by atoms with van der Waals surface area (Å²) in [4.78, 5) is 13.9. The molecular formula is C13H19Cl3N2O. The third-order valence-electron chi connectivity index (χ3n) is 2.73. The molecule has 0 aliphatic heterocycles. The number of benzene rings is 1. The Morgan fingerprint density at radius 1 is 1.37 bits per heavy atom. The quantitative estimate of drug-likeness (QED) is 0.921. The van der Waals surface area contributed by atoms with Crippen molar-refractivity contribution in [2.24, 2.45) is 11.1 Å². The van der Waals surface area contributed by atoms with E-state index in [0.717, 1.165) is 0 Å². The van der Waals surface area contributed by atoms with Crippen LogP contribution in [0.1, 0.15) is 24.2 Å². The second kappa shape index (κ2) is 7.34. The Balaban J connectivity index is 0.00000324. The van der Waals surface area contributed by atoms with Gasteiger partial charge in [0.05, 0.1) is 10.6 Å². The fourth-order valence-corrected chi connectivity index (χ4v) is 2.14. The molecule has 0 saturated carbocycles. The zero-order valence-electron chi connectivity index (χ0n) is 11.2. The first-order valence-electron chi connectivity index (χ1n) is 5.67. The summed E-state index contributed by atoms with van der Waals surface area (Å²) in [5.74, 6) is -0.127. The van der Waals surface area contributed by atoms with Crippen LogP contribution >= 0.6 is 35.6 Å². The average Bonchev–Trinajstić information content (AvgIpc) is 2.27. The minimum atomic E-state index is -0.127. The molecule has 0 spiro atoms. The number of hydrogen-bond acceptors (Lipinski definition) is 2. The maximum Gasteiger partial charge on any atom is 0.255 e. The van der Waals surface area contributed by atoms with E-state index in [1.807, 2.05) is 13.8 Å². The van der Waals surface area contributed by atoms with Crippen LogP contribution in [-0.4, -0.2) is 30.9 Å². The van der Waals surface area contributed by atoms with E-state index in [1.165, 1.54) is 0 Å². The molecule has 3 nitrogen and oxygen atoms in total. The maximum atomic E-state index is 12.2. The molecule has 6 heteroatoms. The first kappa shape index (κ1) is 18.5. The Hall–Kier alpha value is -0.480. The number of hydrogen-bond donors (Lipinski definition) is 1. The fourth-order valence-electron chi connectivity index (χ4n) is 1.65. The first-order valence-corrected chi connectivity index (χ1v) is 6.43. The van der Waals surface area contributed by atoms with Crippen LogP contribution in [0.4, 0.5) is 0 Å². The van der Waals surface area contributed by atoms with E-state index in [0.29, 0.717) is 28.7 Å². The van der Waals surface area contributed by atoms with Crippen molar-refractivity contribution in [2.75, 3.05) is 20.1 Å². The number of nitrogens with zero attached hydrogens (tertiary/aromatic N) is 1. The van der Waals surface area contributed by atoms with E-state index in [4.69, 9.17) is 28.9 Å². The molecule has 0 bridgehead atoms. The van der Waals surface area contributed by atoms with E-state index in [2.05, 4.69) is 0 Å². The van der Waals surface area contributed by atoms with E-state index in [-0.39, 0.29) is 23.7 Å². The average molecular weight is 326 g/mol. The molecule has 108 valence electrons. The summed E-state index contributed by atoms with van der Waals surface area (Å²) in [5.41, 5.74) is 5.99. The predicted molar refractivity (Wildman–Crippen MR) is 83.5 cm³/mol. The van der Waals surface area contributed by atoms with Crippen molar-refractivity contribution < 1.29 is 4.79 Å². The number of carbonyl (C=O) groups excluding carboxylic acids is 1. The zero-order valence-corrected chi connectivity index (χ0v) is 13.6. The standard InChI is InChI=1S/C13H18Cl2N2O.ClH/c1-13(2,7-16)8-17(3)12(18)10-5-4-9(14)6-11(10)15;/h4-6H,7-8,16H2,1-3H3;1H. The molecule has 1 amide bonds. The van der Waals surface area contributed by atoms with Gasteiger partial charge in [-0.05, 0) is 30.2 Å². The van der Waals surface area contributed by atoms with Gasteiger partial charge in [-0.15, -0.1) is 12.4 Å². The summed E-state index contributed by atoms with van der Waals surface area (Å²) >= 11 is 11.8. The summed E-state index contributed by atoms with van der Waals surface area (Å²) in [6.07, 6.45) is 0. The first-order chi connectivity index (χ1) is 8.26. The molecule has 0 aliphatic carbocycles. The summed E-state index contributed by atoms with van der Waals surface area (Å²) < 4.78 is 0. The normalized spacial score (nSPS) is 10.8. The number of halogens is 3. The highest BCUT2D eigenvalue weighted by Gasteiger charge is 2.23. The van der Waals surface area contributed by atoms with Gasteiger partial charge in [-0.25, -0.2) is 0 Å². The number of rotatable bonds is 4. The van der Waals surface area contributed by atoms with Crippen LogP contribution in [0.2, 0.25) is 10.0 Å². The van der Waals surface area contributed by atoms with Gasteiger partial charge in [0, 0.05) is 18.6 Å². The highest BCUT2D eigenvalue weighted by atomic mass is 35.5. The van der Waals surface area contributed by atoms with Crippen molar-refractivity contribution in [1.29, 1.82) is 0 Å². The van der Waals surface area contributed by atoms with Gasteiger partial charge in [-0.3, -0.25) is 4.79 Å². The van der Waals surface area contributed by atoms with Gasteiger partial charge >= 0.3 is 0 Å². The lowest BCUT2D eigenvalue weighted by atomic mass is 9.93. The van der Waals surface area contributed by atoms with Crippen LogP contribution in [0, 0.1) is 5.41 Å². The van der Waals surface area contributed by atoms with Crippen molar-refractivity contribution in [3.8, 4) is 0 Å². The lowest BCUT2D eigenvalue weighted by Crippen LogP contribution is -2.39. The Morgan fingerprint density at radius 3 is 2.42 bits per heavy atom. The molecule has 0 atom stereocenters. The molecule has 1 rings (SSSR count).